The van der Waals surface area contributed by atoms with E-state index in [1.165, 1.54) is 32.1 Å². The predicted molar refractivity (Wildman–Crippen MR) is 84.1 cm³/mol. The first kappa shape index (κ1) is 16.8. The molecular formula is C16H27O4P. The van der Waals surface area contributed by atoms with E-state index < -0.39 is 14.0 Å². The average Bonchev–Trinajstić information content (AvgIpc) is 2.99. The molecule has 0 bridgehead atoms. The molecule has 0 radical (unpaired) electrons. The summed E-state index contributed by atoms with van der Waals surface area (Å²) < 4.78 is 17.5. The summed E-state index contributed by atoms with van der Waals surface area (Å²) in [7, 11) is -2.27. The van der Waals surface area contributed by atoms with Crippen LogP contribution in [0.5, 0.6) is 0 Å². The summed E-state index contributed by atoms with van der Waals surface area (Å²) in [5, 5.41) is 9.29. The van der Waals surface area contributed by atoms with Crippen molar-refractivity contribution in [3.8, 4) is 0 Å². The molecule has 2 aliphatic carbocycles. The van der Waals surface area contributed by atoms with Gasteiger partial charge in [-0.2, -0.15) is 0 Å². The van der Waals surface area contributed by atoms with Gasteiger partial charge in [-0.3, -0.25) is 4.57 Å². The van der Waals surface area contributed by atoms with Crippen molar-refractivity contribution in [1.29, 1.82) is 0 Å². The Labute approximate surface area is 127 Å². The lowest BCUT2D eigenvalue weighted by molar-refractivity contribution is -0.132. The van der Waals surface area contributed by atoms with Crippen LogP contribution in [0.3, 0.4) is 0 Å². The van der Waals surface area contributed by atoms with Crippen molar-refractivity contribution in [3.05, 3.63) is 11.6 Å². The van der Waals surface area contributed by atoms with E-state index in [2.05, 4.69) is 0 Å². The largest absolute Gasteiger partial charge is 0.478 e. The molecule has 2 aliphatic rings. The standard InChI is InChI=1S/C16H27O4P/c17-16(18)15(10-13-6-2-1-3-7-13)12-21(19)20-11-14-8-4-5-9-14/h10,13-14,21H,1-9,11-12H2,(H,17,18)/b15-10+. The van der Waals surface area contributed by atoms with Gasteiger partial charge in [-0.05, 0) is 37.5 Å². The molecule has 0 aromatic heterocycles. The molecule has 0 aromatic rings. The zero-order valence-electron chi connectivity index (χ0n) is 12.7. The summed E-state index contributed by atoms with van der Waals surface area (Å²) in [6.07, 6.45) is 12.4. The van der Waals surface area contributed by atoms with Gasteiger partial charge in [-0.15, -0.1) is 0 Å². The summed E-state index contributed by atoms with van der Waals surface area (Å²) in [5.74, 6) is -0.0765. The van der Waals surface area contributed by atoms with Crippen molar-refractivity contribution in [2.75, 3.05) is 12.8 Å². The van der Waals surface area contributed by atoms with Crippen LogP contribution in [0.1, 0.15) is 57.8 Å². The first-order valence-corrected chi connectivity index (χ1v) is 9.77. The first-order chi connectivity index (χ1) is 10.1. The Morgan fingerprint density at radius 1 is 1.10 bits per heavy atom. The van der Waals surface area contributed by atoms with Crippen molar-refractivity contribution in [1.82, 2.24) is 0 Å². The first-order valence-electron chi connectivity index (χ1n) is 8.25. The van der Waals surface area contributed by atoms with Gasteiger partial charge < -0.3 is 9.63 Å². The molecule has 0 aromatic carbocycles. The third-order valence-corrected chi connectivity index (χ3v) is 5.81. The quantitative estimate of drug-likeness (QED) is 0.563. The molecule has 4 nitrogen and oxygen atoms in total. The second-order valence-corrected chi connectivity index (χ2v) is 7.79. The maximum absolute atomic E-state index is 12.0. The highest BCUT2D eigenvalue weighted by Crippen LogP contribution is 2.33. The third kappa shape index (κ3) is 5.96. The van der Waals surface area contributed by atoms with E-state index in [-0.39, 0.29) is 11.7 Å². The van der Waals surface area contributed by atoms with E-state index in [0.29, 0.717) is 18.4 Å². The van der Waals surface area contributed by atoms with Gasteiger partial charge in [-0.1, -0.05) is 38.2 Å². The summed E-state index contributed by atoms with van der Waals surface area (Å²) in [5.41, 5.74) is 0.289. The number of hydrogen-bond donors (Lipinski definition) is 1. The van der Waals surface area contributed by atoms with Crippen molar-refractivity contribution in [2.24, 2.45) is 11.8 Å². The van der Waals surface area contributed by atoms with Gasteiger partial charge >= 0.3 is 5.97 Å². The maximum Gasteiger partial charge on any atom is 0.331 e. The molecule has 1 N–H and O–H groups in total. The van der Waals surface area contributed by atoms with E-state index in [9.17, 15) is 14.5 Å². The number of rotatable bonds is 7. The summed E-state index contributed by atoms with van der Waals surface area (Å²) in [6.45, 7) is 0.536. The van der Waals surface area contributed by atoms with Crippen LogP contribution in [0.4, 0.5) is 0 Å². The van der Waals surface area contributed by atoms with Crippen molar-refractivity contribution >= 4 is 14.0 Å². The summed E-state index contributed by atoms with van der Waals surface area (Å²) in [4.78, 5) is 11.3. The summed E-state index contributed by atoms with van der Waals surface area (Å²) >= 11 is 0. The van der Waals surface area contributed by atoms with Crippen LogP contribution in [0.25, 0.3) is 0 Å². The van der Waals surface area contributed by atoms with Gasteiger partial charge in [0, 0.05) is 5.57 Å². The van der Waals surface area contributed by atoms with Gasteiger partial charge in [0.15, 0.2) is 8.03 Å². The van der Waals surface area contributed by atoms with E-state index >= 15 is 0 Å². The minimum atomic E-state index is -2.27. The summed E-state index contributed by atoms with van der Waals surface area (Å²) in [6, 6.07) is 0. The minimum Gasteiger partial charge on any atom is -0.478 e. The van der Waals surface area contributed by atoms with Crippen LogP contribution in [-0.2, 0) is 13.9 Å². The number of allylic oxidation sites excluding steroid dienone is 1. The molecular weight excluding hydrogens is 287 g/mol. The predicted octanol–water partition coefficient (Wildman–Crippen LogP) is 4.26. The van der Waals surface area contributed by atoms with Crippen molar-refractivity contribution in [2.45, 2.75) is 57.8 Å². The Bertz CT molecular complexity index is 393. The normalized spacial score (nSPS) is 23.3. The number of hydrogen-bond acceptors (Lipinski definition) is 3. The highest BCUT2D eigenvalue weighted by atomic mass is 31.1. The van der Waals surface area contributed by atoms with Gasteiger partial charge in [-0.25, -0.2) is 4.79 Å². The monoisotopic (exact) mass is 314 g/mol. The third-order valence-electron chi connectivity index (χ3n) is 4.65. The average molecular weight is 314 g/mol. The number of aliphatic carboxylic acids is 1. The topological polar surface area (TPSA) is 63.6 Å². The lowest BCUT2D eigenvalue weighted by Gasteiger charge is -2.19. The second-order valence-electron chi connectivity index (χ2n) is 6.41. The molecule has 0 amide bonds. The van der Waals surface area contributed by atoms with Crippen LogP contribution >= 0.6 is 8.03 Å². The minimum absolute atomic E-state index is 0.0865. The molecule has 21 heavy (non-hydrogen) atoms. The van der Waals surface area contributed by atoms with Crippen molar-refractivity contribution < 1.29 is 19.0 Å². The van der Waals surface area contributed by atoms with E-state index in [0.717, 1.165) is 25.7 Å². The Hall–Kier alpha value is -0.600. The fourth-order valence-corrected chi connectivity index (χ4v) is 4.49. The SMILES string of the molecule is O=C(O)/C(=C/C1CCCCC1)C[PH](=O)OCC1CCCC1. The highest BCUT2D eigenvalue weighted by molar-refractivity contribution is 7.39. The number of carboxylic acid groups (broad SMARTS) is 1. The molecule has 0 aliphatic heterocycles. The molecule has 2 saturated carbocycles. The van der Waals surface area contributed by atoms with Crippen LogP contribution in [-0.4, -0.2) is 23.8 Å². The van der Waals surface area contributed by atoms with Gasteiger partial charge in [0.05, 0.1) is 12.8 Å². The van der Waals surface area contributed by atoms with Crippen molar-refractivity contribution in [3.63, 3.8) is 0 Å². The van der Waals surface area contributed by atoms with Crippen LogP contribution < -0.4 is 0 Å². The van der Waals surface area contributed by atoms with Crippen LogP contribution in [0, 0.1) is 11.8 Å². The highest BCUT2D eigenvalue weighted by Gasteiger charge is 2.19. The smallest absolute Gasteiger partial charge is 0.331 e. The fraction of sp³-hybridized carbons (Fsp3) is 0.812. The van der Waals surface area contributed by atoms with Gasteiger partial charge in [0.1, 0.15) is 0 Å². The Kier molecular flexibility index (Phi) is 6.98. The Balaban J connectivity index is 1.81. The van der Waals surface area contributed by atoms with E-state index in [1.54, 1.807) is 0 Å². The van der Waals surface area contributed by atoms with Crippen LogP contribution in [0.15, 0.2) is 11.6 Å². The van der Waals surface area contributed by atoms with Gasteiger partial charge in [0.25, 0.3) is 0 Å². The molecule has 0 heterocycles. The molecule has 0 spiro atoms. The number of carbonyl (C=O) groups is 1. The number of carboxylic acids is 1. The fourth-order valence-electron chi connectivity index (χ4n) is 3.39. The molecule has 2 rings (SSSR count). The van der Waals surface area contributed by atoms with E-state index in [1.807, 2.05) is 6.08 Å². The Morgan fingerprint density at radius 2 is 1.71 bits per heavy atom. The molecule has 2 fully saturated rings. The zero-order chi connectivity index (χ0) is 15.1. The lowest BCUT2D eigenvalue weighted by atomic mass is 9.88. The van der Waals surface area contributed by atoms with Crippen LogP contribution in [0.2, 0.25) is 0 Å². The zero-order valence-corrected chi connectivity index (χ0v) is 13.7. The van der Waals surface area contributed by atoms with Gasteiger partial charge in [0.2, 0.25) is 0 Å². The molecule has 5 heteroatoms. The second kappa shape index (κ2) is 8.75. The maximum atomic E-state index is 12.0. The Morgan fingerprint density at radius 3 is 2.33 bits per heavy atom. The molecule has 1 atom stereocenters. The van der Waals surface area contributed by atoms with E-state index in [4.69, 9.17) is 4.52 Å². The molecule has 120 valence electrons. The lowest BCUT2D eigenvalue weighted by Crippen LogP contribution is -2.10. The molecule has 0 saturated heterocycles. The molecule has 1 unspecified atom stereocenters.